The molecule has 0 aromatic heterocycles. The van der Waals surface area contributed by atoms with Crippen LogP contribution in [0.1, 0.15) is 69.3 Å². The molecule has 214 valence electrons. The van der Waals surface area contributed by atoms with Crippen LogP contribution in [0.2, 0.25) is 0 Å². The van der Waals surface area contributed by atoms with E-state index in [1.54, 1.807) is 37.1 Å². The van der Waals surface area contributed by atoms with E-state index >= 15 is 0 Å². The van der Waals surface area contributed by atoms with Gasteiger partial charge in [-0.15, -0.1) is 0 Å². The third kappa shape index (κ3) is 5.90. The van der Waals surface area contributed by atoms with Crippen LogP contribution >= 0.6 is 0 Å². The largest absolute Gasteiger partial charge is 0.496 e. The Morgan fingerprint density at radius 2 is 1.95 bits per heavy atom. The van der Waals surface area contributed by atoms with Crippen molar-refractivity contribution in [1.82, 2.24) is 15.5 Å². The second kappa shape index (κ2) is 11.5. The van der Waals surface area contributed by atoms with E-state index in [-0.39, 0.29) is 48.7 Å². The van der Waals surface area contributed by atoms with Crippen LogP contribution in [0, 0.1) is 18.3 Å². The van der Waals surface area contributed by atoms with E-state index in [2.05, 4.69) is 10.6 Å². The van der Waals surface area contributed by atoms with Gasteiger partial charge in [0.1, 0.15) is 23.9 Å². The van der Waals surface area contributed by atoms with Gasteiger partial charge in [-0.2, -0.15) is 0 Å². The maximum atomic E-state index is 14.2. The number of rotatable bonds is 9. The van der Waals surface area contributed by atoms with Gasteiger partial charge in [0.2, 0.25) is 11.8 Å². The summed E-state index contributed by atoms with van der Waals surface area (Å²) in [5.74, 6) is -0.692. The van der Waals surface area contributed by atoms with Gasteiger partial charge < -0.3 is 29.7 Å². The van der Waals surface area contributed by atoms with Crippen molar-refractivity contribution in [3.8, 4) is 5.75 Å². The summed E-state index contributed by atoms with van der Waals surface area (Å²) in [4.78, 5) is 54.9. The molecule has 0 spiro atoms. The van der Waals surface area contributed by atoms with Crippen LogP contribution in [0.4, 0.5) is 0 Å². The number of nitrogens with one attached hydrogen (secondary N) is 2. The van der Waals surface area contributed by atoms with Crippen LogP contribution in [0.3, 0.4) is 0 Å². The summed E-state index contributed by atoms with van der Waals surface area (Å²) in [7, 11) is 1.55. The van der Waals surface area contributed by atoms with Crippen molar-refractivity contribution in [2.75, 3.05) is 20.3 Å². The van der Waals surface area contributed by atoms with Gasteiger partial charge in [-0.3, -0.25) is 19.2 Å². The quantitative estimate of drug-likeness (QED) is 0.459. The van der Waals surface area contributed by atoms with E-state index in [4.69, 9.17) is 14.2 Å². The van der Waals surface area contributed by atoms with Gasteiger partial charge in [0, 0.05) is 23.8 Å². The van der Waals surface area contributed by atoms with Gasteiger partial charge >= 0.3 is 5.97 Å². The number of cyclic esters (lactones) is 1. The summed E-state index contributed by atoms with van der Waals surface area (Å²) in [6.45, 7) is 10.0. The van der Waals surface area contributed by atoms with Crippen LogP contribution in [0.25, 0.3) is 0 Å². The summed E-state index contributed by atoms with van der Waals surface area (Å²) in [5, 5.41) is 5.96. The van der Waals surface area contributed by atoms with Crippen molar-refractivity contribution in [3.63, 3.8) is 0 Å². The molecule has 2 aliphatic heterocycles. The zero-order valence-electron chi connectivity index (χ0n) is 23.7. The number of hydrogen-bond donors (Lipinski definition) is 2. The number of carbonyl (C=O) groups is 4. The van der Waals surface area contributed by atoms with Gasteiger partial charge in [-0.25, -0.2) is 0 Å². The minimum absolute atomic E-state index is 0.0271. The van der Waals surface area contributed by atoms with Crippen molar-refractivity contribution in [1.29, 1.82) is 0 Å². The van der Waals surface area contributed by atoms with Crippen LogP contribution in [0.15, 0.2) is 18.2 Å². The summed E-state index contributed by atoms with van der Waals surface area (Å²) in [5.41, 5.74) is 0.501. The number of carbonyl (C=O) groups excluding carboxylic acids is 4. The van der Waals surface area contributed by atoms with Crippen LogP contribution < -0.4 is 15.4 Å². The minimum atomic E-state index is -0.854. The van der Waals surface area contributed by atoms with Gasteiger partial charge in [-0.05, 0) is 56.6 Å². The number of piperidine rings is 1. The zero-order valence-corrected chi connectivity index (χ0v) is 23.7. The van der Waals surface area contributed by atoms with Crippen molar-refractivity contribution in [2.45, 2.75) is 90.6 Å². The van der Waals surface area contributed by atoms with E-state index in [1.807, 2.05) is 27.7 Å². The summed E-state index contributed by atoms with van der Waals surface area (Å²) in [6, 6.07) is 3.12. The Hall–Kier alpha value is -3.14. The zero-order chi connectivity index (χ0) is 28.5. The fraction of sp³-hybridized carbons (Fsp3) is 0.655. The van der Waals surface area contributed by atoms with Crippen molar-refractivity contribution in [3.05, 3.63) is 29.3 Å². The molecular formula is C29H41N3O7. The first-order chi connectivity index (χ1) is 18.5. The molecular weight excluding hydrogens is 502 g/mol. The second-order valence-electron chi connectivity index (χ2n) is 11.8. The molecule has 1 aliphatic carbocycles. The summed E-state index contributed by atoms with van der Waals surface area (Å²) < 4.78 is 16.2. The standard InChI is InChI=1S/C29H41N3O7/c1-7-38-15-22-20(14-23(33)39-22)30-27(35)24-17-11-12-18(13-17)32(24)28(36)25(29(3,4)5)31-26(34)19-9-8-10-21(37-6)16(19)2/h8-10,17-18,20,22,24-25H,7,11-15H2,1-6H3,(H,30,35)(H,31,34)/t17?,18?,20-,22?,24-,25?/m0/s1. The average molecular weight is 544 g/mol. The number of likely N-dealkylation sites (tertiary alicyclic amines) is 1. The fourth-order valence-electron chi connectivity index (χ4n) is 6.14. The first-order valence-corrected chi connectivity index (χ1v) is 13.8. The Balaban J connectivity index is 1.55. The fourth-order valence-corrected chi connectivity index (χ4v) is 6.14. The number of fused-ring (bicyclic) bond motifs is 2. The van der Waals surface area contributed by atoms with E-state index in [9.17, 15) is 19.2 Å². The molecule has 3 aliphatic rings. The molecule has 0 radical (unpaired) electrons. The Morgan fingerprint density at radius 1 is 1.21 bits per heavy atom. The average Bonchev–Trinajstić information content (AvgIpc) is 3.59. The van der Waals surface area contributed by atoms with Crippen molar-refractivity contribution < 1.29 is 33.4 Å². The number of esters is 1. The lowest BCUT2D eigenvalue weighted by atomic mass is 9.84. The van der Waals surface area contributed by atoms with Gasteiger partial charge in [0.25, 0.3) is 5.91 Å². The molecule has 2 heterocycles. The molecule has 3 fully saturated rings. The maximum Gasteiger partial charge on any atom is 0.308 e. The Morgan fingerprint density at radius 3 is 2.62 bits per heavy atom. The highest BCUT2D eigenvalue weighted by Gasteiger charge is 2.54. The smallest absolute Gasteiger partial charge is 0.308 e. The lowest BCUT2D eigenvalue weighted by Crippen LogP contribution is -2.62. The molecule has 2 N–H and O–H groups in total. The Kier molecular flexibility index (Phi) is 8.54. The molecule has 10 heteroatoms. The third-order valence-corrected chi connectivity index (χ3v) is 8.18. The molecule has 6 atom stereocenters. The van der Waals surface area contributed by atoms with Gasteiger partial charge in [0.15, 0.2) is 0 Å². The normalized spacial score (nSPS) is 26.8. The number of nitrogens with zero attached hydrogens (tertiary/aromatic N) is 1. The predicted octanol–water partition coefficient (Wildman–Crippen LogP) is 2.36. The molecule has 10 nitrogen and oxygen atoms in total. The monoisotopic (exact) mass is 543 g/mol. The molecule has 39 heavy (non-hydrogen) atoms. The lowest BCUT2D eigenvalue weighted by molar-refractivity contribution is -0.146. The topological polar surface area (TPSA) is 123 Å². The first-order valence-electron chi connectivity index (χ1n) is 13.8. The molecule has 2 bridgehead atoms. The van der Waals surface area contributed by atoms with Gasteiger partial charge in [0.05, 0.1) is 26.2 Å². The number of amides is 3. The number of benzene rings is 1. The van der Waals surface area contributed by atoms with Crippen LogP contribution in [0.5, 0.6) is 5.75 Å². The minimum Gasteiger partial charge on any atom is -0.496 e. The molecule has 4 rings (SSSR count). The van der Waals surface area contributed by atoms with E-state index < -0.39 is 29.6 Å². The van der Waals surface area contributed by atoms with Crippen molar-refractivity contribution in [2.24, 2.45) is 11.3 Å². The number of methoxy groups -OCH3 is 1. The first kappa shape index (κ1) is 28.9. The Bertz CT molecular complexity index is 1110. The molecule has 1 saturated carbocycles. The van der Waals surface area contributed by atoms with Crippen LogP contribution in [-0.4, -0.2) is 79.2 Å². The van der Waals surface area contributed by atoms with E-state index in [1.165, 1.54) is 0 Å². The predicted molar refractivity (Wildman–Crippen MR) is 143 cm³/mol. The molecule has 4 unspecified atom stereocenters. The molecule has 2 saturated heterocycles. The molecule has 1 aromatic rings. The third-order valence-electron chi connectivity index (χ3n) is 8.18. The number of ether oxygens (including phenoxy) is 3. The summed E-state index contributed by atoms with van der Waals surface area (Å²) in [6.07, 6.45) is 1.92. The Labute approximate surface area is 230 Å². The summed E-state index contributed by atoms with van der Waals surface area (Å²) >= 11 is 0. The maximum absolute atomic E-state index is 14.2. The van der Waals surface area contributed by atoms with E-state index in [0.29, 0.717) is 23.5 Å². The molecule has 1 aromatic carbocycles. The number of hydrogen-bond acceptors (Lipinski definition) is 7. The highest BCUT2D eigenvalue weighted by Crippen LogP contribution is 2.44. The second-order valence-corrected chi connectivity index (χ2v) is 11.8. The van der Waals surface area contributed by atoms with Gasteiger partial charge in [-0.1, -0.05) is 26.8 Å². The lowest BCUT2D eigenvalue weighted by Gasteiger charge is -2.40. The van der Waals surface area contributed by atoms with Crippen molar-refractivity contribution >= 4 is 23.7 Å². The van der Waals surface area contributed by atoms with Crippen LogP contribution in [-0.2, 0) is 23.9 Å². The highest BCUT2D eigenvalue weighted by atomic mass is 16.6. The highest BCUT2D eigenvalue weighted by molar-refractivity contribution is 6.00. The SMILES string of the molecule is CCOCC1OC(=O)C[C@@H]1NC(=O)[C@@H]1C2CCC(C2)N1C(=O)C(NC(=O)c1cccc(OC)c1C)C(C)(C)C. The van der Waals surface area contributed by atoms with E-state index in [0.717, 1.165) is 19.3 Å². The molecule has 3 amide bonds.